The van der Waals surface area contributed by atoms with Crippen molar-refractivity contribution in [2.24, 2.45) is 17.8 Å². The maximum Gasteiger partial charge on any atom is 0.509 e. The van der Waals surface area contributed by atoms with Crippen molar-refractivity contribution in [2.75, 3.05) is 20.6 Å². The number of cyclic esters (lactones) is 1. The van der Waals surface area contributed by atoms with Crippen LogP contribution in [0.4, 0.5) is 4.79 Å². The van der Waals surface area contributed by atoms with Crippen LogP contribution in [0.2, 0.25) is 0 Å². The van der Waals surface area contributed by atoms with Crippen molar-refractivity contribution in [3.05, 3.63) is 0 Å². The molecule has 0 bridgehead atoms. The summed E-state index contributed by atoms with van der Waals surface area (Å²) in [5, 5.41) is 15.5. The standard InChI is InChI=1S/C32H56N2O10/c1-12-24-32(9)27(43-30(37)44-32)21(6)33-16-17(2)15-31(8,38)26(18(3)13-19(4)28(36)41-24)42-29-25(40-22(7)35)23(34(10)11)14-20(5)39-29/h17-21,23-27,29,33,38H,12-16H2,1-11H3/t17-,18+,19-,20-,21-,23+,24-,25-,26-,27-,29+,31-,32-/m1/s1. The minimum atomic E-state index is -1.35. The highest BCUT2D eigenvalue weighted by Gasteiger charge is 2.57. The molecule has 13 atom stereocenters. The SMILES string of the molecule is CC[C@H]1OC(=O)[C@H](C)C[C@H](C)[C@@H](O[C@@H]2O[C@H](C)C[C@H](N(C)C)[C@H]2OC(C)=O)[C@](C)(O)C[C@@H](C)CN[C@H](C)[C@H]2OC(=O)O[C@@]21C. The molecule has 3 heterocycles. The van der Waals surface area contributed by atoms with Gasteiger partial charge in [0.05, 0.1) is 29.8 Å². The summed E-state index contributed by atoms with van der Waals surface area (Å²) in [5.74, 6) is -1.81. The Bertz CT molecular complexity index is 1010. The summed E-state index contributed by atoms with van der Waals surface area (Å²) in [6, 6.07) is -0.485. The molecule has 0 aromatic rings. The Balaban J connectivity index is 1.97. The number of carbonyl (C=O) groups excluding carboxylic acids is 3. The van der Waals surface area contributed by atoms with E-state index in [9.17, 15) is 19.5 Å². The van der Waals surface area contributed by atoms with E-state index in [2.05, 4.69) is 5.32 Å². The van der Waals surface area contributed by atoms with Gasteiger partial charge in [-0.2, -0.15) is 0 Å². The van der Waals surface area contributed by atoms with Crippen molar-refractivity contribution in [2.45, 2.75) is 148 Å². The van der Waals surface area contributed by atoms with Gasteiger partial charge in [-0.05, 0) is 85.9 Å². The molecule has 0 radical (unpaired) electrons. The summed E-state index contributed by atoms with van der Waals surface area (Å²) in [7, 11) is 3.85. The molecule has 0 unspecified atom stereocenters. The van der Waals surface area contributed by atoms with Crippen molar-refractivity contribution >= 4 is 18.1 Å². The highest BCUT2D eigenvalue weighted by atomic mass is 16.8. The van der Waals surface area contributed by atoms with Crippen LogP contribution in [0.15, 0.2) is 0 Å². The van der Waals surface area contributed by atoms with E-state index in [1.165, 1.54) is 6.92 Å². The van der Waals surface area contributed by atoms with Crippen LogP contribution in [0.25, 0.3) is 0 Å². The lowest BCUT2D eigenvalue weighted by molar-refractivity contribution is -0.297. The lowest BCUT2D eigenvalue weighted by Crippen LogP contribution is -2.59. The van der Waals surface area contributed by atoms with E-state index in [4.69, 9.17) is 28.4 Å². The number of esters is 2. The molecular formula is C32H56N2O10. The molecule has 3 fully saturated rings. The molecule has 44 heavy (non-hydrogen) atoms. The Hall–Kier alpha value is -1.99. The van der Waals surface area contributed by atoms with Crippen LogP contribution in [0, 0.1) is 17.8 Å². The van der Waals surface area contributed by atoms with Crippen LogP contribution >= 0.6 is 0 Å². The second kappa shape index (κ2) is 14.6. The van der Waals surface area contributed by atoms with Crippen molar-refractivity contribution < 1.29 is 47.9 Å². The van der Waals surface area contributed by atoms with E-state index in [-0.39, 0.29) is 30.0 Å². The topological polar surface area (TPSA) is 142 Å². The fourth-order valence-electron chi connectivity index (χ4n) is 7.35. The van der Waals surface area contributed by atoms with Crippen LogP contribution < -0.4 is 5.32 Å². The highest BCUT2D eigenvalue weighted by Crippen LogP contribution is 2.38. The molecule has 3 aliphatic heterocycles. The van der Waals surface area contributed by atoms with E-state index in [0.29, 0.717) is 32.2 Å². The third-order valence-corrected chi connectivity index (χ3v) is 9.45. The first kappa shape index (κ1) is 36.5. The van der Waals surface area contributed by atoms with Crippen molar-refractivity contribution in [1.82, 2.24) is 10.2 Å². The number of hydrogen-bond acceptors (Lipinski definition) is 12. The van der Waals surface area contributed by atoms with Gasteiger partial charge in [0.15, 0.2) is 24.1 Å². The van der Waals surface area contributed by atoms with Crippen LogP contribution in [-0.4, -0.2) is 109 Å². The van der Waals surface area contributed by atoms with Gasteiger partial charge in [-0.1, -0.05) is 27.7 Å². The van der Waals surface area contributed by atoms with Crippen molar-refractivity contribution in [3.63, 3.8) is 0 Å². The summed E-state index contributed by atoms with van der Waals surface area (Å²) in [4.78, 5) is 39.9. The number of fused-ring (bicyclic) bond motifs is 1. The van der Waals surface area contributed by atoms with E-state index >= 15 is 0 Å². The summed E-state index contributed by atoms with van der Waals surface area (Å²) in [5.41, 5.74) is -2.53. The van der Waals surface area contributed by atoms with Gasteiger partial charge in [-0.15, -0.1) is 0 Å². The third-order valence-electron chi connectivity index (χ3n) is 9.45. The fourth-order valence-corrected chi connectivity index (χ4v) is 7.35. The number of nitrogens with zero attached hydrogens (tertiary/aromatic N) is 1. The predicted molar refractivity (Wildman–Crippen MR) is 162 cm³/mol. The average molecular weight is 629 g/mol. The van der Waals surface area contributed by atoms with Gasteiger partial charge >= 0.3 is 18.1 Å². The largest absolute Gasteiger partial charge is 0.509 e. The molecule has 3 aliphatic rings. The van der Waals surface area contributed by atoms with Gasteiger partial charge in [0.1, 0.15) is 6.10 Å². The Labute approximate surface area is 262 Å². The smallest absolute Gasteiger partial charge is 0.458 e. The monoisotopic (exact) mass is 628 g/mol. The summed E-state index contributed by atoms with van der Waals surface area (Å²) < 4.78 is 35.9. The van der Waals surface area contributed by atoms with E-state index in [1.807, 2.05) is 53.6 Å². The Kier molecular flexibility index (Phi) is 12.1. The van der Waals surface area contributed by atoms with Gasteiger partial charge in [0.2, 0.25) is 0 Å². The maximum atomic E-state index is 13.5. The molecule has 0 aromatic heterocycles. The quantitative estimate of drug-likeness (QED) is 0.340. The molecule has 0 aromatic carbocycles. The maximum absolute atomic E-state index is 13.5. The van der Waals surface area contributed by atoms with Crippen LogP contribution in [0.5, 0.6) is 0 Å². The van der Waals surface area contributed by atoms with Gasteiger partial charge in [0, 0.05) is 13.0 Å². The highest BCUT2D eigenvalue weighted by molar-refractivity contribution is 5.72. The predicted octanol–water partition coefficient (Wildman–Crippen LogP) is 3.42. The number of nitrogens with one attached hydrogen (secondary N) is 1. The third kappa shape index (κ3) is 8.43. The number of rotatable bonds is 5. The van der Waals surface area contributed by atoms with E-state index in [0.717, 1.165) is 0 Å². The molecule has 12 heteroatoms. The summed E-state index contributed by atoms with van der Waals surface area (Å²) in [6.07, 6.45) is -3.05. The Morgan fingerprint density at radius 3 is 2.34 bits per heavy atom. The van der Waals surface area contributed by atoms with E-state index in [1.54, 1.807) is 20.8 Å². The van der Waals surface area contributed by atoms with Gasteiger partial charge in [-0.3, -0.25) is 9.59 Å². The van der Waals surface area contributed by atoms with Crippen molar-refractivity contribution in [3.8, 4) is 0 Å². The average Bonchev–Trinajstić information content (AvgIpc) is 3.22. The van der Waals surface area contributed by atoms with Gasteiger partial charge in [-0.25, -0.2) is 4.79 Å². The summed E-state index contributed by atoms with van der Waals surface area (Å²) >= 11 is 0. The Morgan fingerprint density at radius 2 is 1.75 bits per heavy atom. The molecule has 0 saturated carbocycles. The van der Waals surface area contributed by atoms with Gasteiger partial charge in [0.25, 0.3) is 0 Å². The molecule has 0 aliphatic carbocycles. The normalized spacial score (nSPS) is 44.4. The zero-order chi connectivity index (χ0) is 33.1. The molecule has 12 nitrogen and oxygen atoms in total. The minimum absolute atomic E-state index is 0.0255. The first-order valence-electron chi connectivity index (χ1n) is 16.1. The molecule has 3 rings (SSSR count). The van der Waals surface area contributed by atoms with Gasteiger partial charge < -0.3 is 43.7 Å². The van der Waals surface area contributed by atoms with E-state index < -0.39 is 65.9 Å². The molecule has 0 spiro atoms. The Morgan fingerprint density at radius 1 is 1.09 bits per heavy atom. The number of carbonyl (C=O) groups is 3. The molecule has 2 N–H and O–H groups in total. The second-order valence-electron chi connectivity index (χ2n) is 14.1. The lowest BCUT2D eigenvalue weighted by atomic mass is 9.79. The fraction of sp³-hybridized carbons (Fsp3) is 0.906. The van der Waals surface area contributed by atoms with Crippen molar-refractivity contribution in [1.29, 1.82) is 0 Å². The second-order valence-corrected chi connectivity index (χ2v) is 14.1. The molecular weight excluding hydrogens is 572 g/mol. The first-order chi connectivity index (χ1) is 20.4. The number of hydrogen-bond donors (Lipinski definition) is 2. The molecule has 3 saturated heterocycles. The number of ether oxygens (including phenoxy) is 6. The zero-order valence-corrected chi connectivity index (χ0v) is 28.5. The molecule has 0 amide bonds. The summed E-state index contributed by atoms with van der Waals surface area (Å²) in [6.45, 7) is 16.8. The molecule has 254 valence electrons. The number of likely N-dealkylation sites (N-methyl/N-ethyl adjacent to an activating group) is 1. The van der Waals surface area contributed by atoms with Crippen LogP contribution in [-0.2, 0) is 38.0 Å². The minimum Gasteiger partial charge on any atom is -0.458 e. The first-order valence-corrected chi connectivity index (χ1v) is 16.1. The zero-order valence-electron chi connectivity index (χ0n) is 28.5. The lowest BCUT2D eigenvalue weighted by Gasteiger charge is -2.46. The van der Waals surface area contributed by atoms with Crippen LogP contribution in [0.1, 0.15) is 88.0 Å². The van der Waals surface area contributed by atoms with Crippen LogP contribution in [0.3, 0.4) is 0 Å². The number of aliphatic hydroxyl groups is 1.